The van der Waals surface area contributed by atoms with Gasteiger partial charge in [0.25, 0.3) is 0 Å². The second kappa shape index (κ2) is 25.4. The van der Waals surface area contributed by atoms with Crippen LogP contribution in [0.3, 0.4) is 0 Å². The third-order valence-electron chi connectivity index (χ3n) is 12.5. The molecule has 17 atom stereocenters. The number of methoxy groups -OCH3 is 1. The Bertz CT molecular complexity index is 1570. The van der Waals surface area contributed by atoms with Crippen LogP contribution in [0.15, 0.2) is 35.8 Å². The average molecular weight is 911 g/mol. The van der Waals surface area contributed by atoms with Crippen LogP contribution in [0.25, 0.3) is 0 Å². The fraction of sp³-hybridized carbons (Fsp3) is 0.809. The van der Waals surface area contributed by atoms with Crippen molar-refractivity contribution in [3.8, 4) is 0 Å². The summed E-state index contributed by atoms with van der Waals surface area (Å²) in [5, 5.41) is 34.8. The van der Waals surface area contributed by atoms with Gasteiger partial charge in [0.15, 0.2) is 24.6 Å². The van der Waals surface area contributed by atoms with Crippen LogP contribution >= 0.6 is 0 Å². The Morgan fingerprint density at radius 2 is 1.61 bits per heavy atom. The van der Waals surface area contributed by atoms with Crippen molar-refractivity contribution in [3.05, 3.63) is 35.8 Å². The molecule has 3 N–H and O–H groups in total. The largest absolute Gasteiger partial charge is 0.508 e. The van der Waals surface area contributed by atoms with Crippen LogP contribution in [0.5, 0.6) is 0 Å². The molecule has 64 heavy (non-hydrogen) atoms. The molecule has 4 rings (SSSR count). The van der Waals surface area contributed by atoms with E-state index >= 15 is 0 Å². The first kappa shape index (κ1) is 53.8. The fourth-order valence-corrected chi connectivity index (χ4v) is 9.24. The van der Waals surface area contributed by atoms with Crippen molar-refractivity contribution in [1.29, 1.82) is 0 Å². The summed E-state index contributed by atoms with van der Waals surface area (Å²) in [4.78, 5) is 42.0. The van der Waals surface area contributed by atoms with Gasteiger partial charge in [-0.1, -0.05) is 45.1 Å². The number of aliphatic hydroxyl groups excluding tert-OH is 3. The van der Waals surface area contributed by atoms with Crippen molar-refractivity contribution >= 4 is 18.2 Å². The Morgan fingerprint density at radius 1 is 0.891 bits per heavy atom. The smallest absolute Gasteiger partial charge is 0.311 e. The number of hydrogen-bond acceptors (Lipinski definition) is 17. The fourth-order valence-electron chi connectivity index (χ4n) is 9.24. The highest BCUT2D eigenvalue weighted by atomic mass is 16.7. The van der Waals surface area contributed by atoms with Gasteiger partial charge in [-0.3, -0.25) is 9.59 Å². The van der Waals surface area contributed by atoms with Crippen LogP contribution in [0.1, 0.15) is 99.8 Å². The minimum atomic E-state index is -1.43. The topological polar surface area (TPSA) is 201 Å². The van der Waals surface area contributed by atoms with Crippen molar-refractivity contribution in [1.82, 2.24) is 9.80 Å². The molecule has 4 heterocycles. The number of carbonyl (C=O) groups excluding carboxylic acids is 3. The molecule has 366 valence electrons. The number of carbonyl (C=O) groups is 3. The molecule has 0 aromatic rings. The number of aliphatic hydroxyl groups is 3. The highest BCUT2D eigenvalue weighted by Gasteiger charge is 2.50. The molecule has 2 fully saturated rings. The number of allylic oxidation sites excluding steroid dienone is 2. The molecule has 4 aliphatic rings. The van der Waals surface area contributed by atoms with Crippen molar-refractivity contribution in [2.24, 2.45) is 17.8 Å². The van der Waals surface area contributed by atoms with Crippen molar-refractivity contribution in [2.75, 3.05) is 35.3 Å². The first-order valence-electron chi connectivity index (χ1n) is 23.0. The predicted molar refractivity (Wildman–Crippen MR) is 235 cm³/mol. The van der Waals surface area contributed by atoms with Crippen LogP contribution in [0, 0.1) is 17.8 Å². The zero-order valence-electron chi connectivity index (χ0n) is 40.1. The van der Waals surface area contributed by atoms with Gasteiger partial charge in [-0.05, 0) is 92.9 Å². The Labute approximate surface area is 380 Å². The van der Waals surface area contributed by atoms with E-state index in [0.29, 0.717) is 19.3 Å². The van der Waals surface area contributed by atoms with Gasteiger partial charge in [-0.25, -0.2) is 0 Å². The molecule has 0 aromatic carbocycles. The molecule has 0 aliphatic carbocycles. The highest BCUT2D eigenvalue weighted by molar-refractivity contribution is 5.71. The second-order valence-corrected chi connectivity index (χ2v) is 18.8. The monoisotopic (exact) mass is 911 g/mol. The Hall–Kier alpha value is -2.81. The number of esters is 2. The van der Waals surface area contributed by atoms with E-state index in [-0.39, 0.29) is 54.8 Å². The molecule has 0 bridgehead atoms. The first-order chi connectivity index (χ1) is 30.2. The van der Waals surface area contributed by atoms with E-state index in [0.717, 1.165) is 12.7 Å². The number of likely N-dealkylation sites (N-methyl/N-ethyl adjacent to an activating group) is 2. The minimum absolute atomic E-state index is 0.0227. The molecule has 0 amide bonds. The molecule has 17 nitrogen and oxygen atoms in total. The molecular formula is C47H78N2O15. The number of cyclic esters (lactones) is 1. The van der Waals surface area contributed by atoms with Crippen molar-refractivity contribution in [2.45, 2.75) is 192 Å². The molecule has 17 unspecified atom stereocenters. The Balaban J connectivity index is 1.63. The maximum absolute atomic E-state index is 13.1. The number of ether oxygens (including phenoxy) is 9. The van der Waals surface area contributed by atoms with Crippen LogP contribution in [0.2, 0.25) is 0 Å². The van der Waals surface area contributed by atoms with Gasteiger partial charge in [0.05, 0.1) is 49.4 Å². The molecule has 0 aromatic heterocycles. The maximum atomic E-state index is 13.1. The van der Waals surface area contributed by atoms with Crippen molar-refractivity contribution < 1.29 is 72.3 Å². The van der Waals surface area contributed by atoms with E-state index in [1.165, 1.54) is 7.11 Å². The van der Waals surface area contributed by atoms with Crippen LogP contribution in [0.4, 0.5) is 0 Å². The molecule has 17 heteroatoms. The number of nitrogens with zero attached hydrogens (tertiary/aromatic N) is 2. The summed E-state index contributed by atoms with van der Waals surface area (Å²) < 4.78 is 55.8. The molecule has 0 radical (unpaired) electrons. The summed E-state index contributed by atoms with van der Waals surface area (Å²) in [6.07, 6.45) is -0.862. The van der Waals surface area contributed by atoms with E-state index < -0.39 is 104 Å². The minimum Gasteiger partial charge on any atom is -0.508 e. The van der Waals surface area contributed by atoms with E-state index in [2.05, 4.69) is 4.90 Å². The summed E-state index contributed by atoms with van der Waals surface area (Å²) in [6, 6.07) is -0.511. The normalized spacial score (nSPS) is 39.7. The predicted octanol–water partition coefficient (Wildman–Crippen LogP) is 4.57. The van der Waals surface area contributed by atoms with E-state index in [4.69, 9.17) is 42.6 Å². The standard InChI is InChI=1S/C47H78N2O15/c1-26(2)22-37(53)62-43-30(6)59-40(25-35(43)52)63-44-31(7)60-47(42(55)41(44)49(10)11)64-45-32(20-21-50)23-27(3)36(61-39-19-18-33(48(8)9)29(5)58-39)17-15-13-14-16-28(4)57-38(54)24-34(51)46(45)56-12/h13-15,17,21,26-34,36,39-42,44-47,51-52,55H,16,18-20,22-25H2,1-12H3/b14-13+,17-15+. The van der Waals surface area contributed by atoms with Gasteiger partial charge in [0.2, 0.25) is 0 Å². The van der Waals surface area contributed by atoms with Crippen molar-refractivity contribution in [3.63, 3.8) is 0 Å². The lowest BCUT2D eigenvalue weighted by Crippen LogP contribution is -2.65. The van der Waals surface area contributed by atoms with Crippen LogP contribution in [-0.2, 0) is 57.0 Å². The number of rotatable bonds is 14. The summed E-state index contributed by atoms with van der Waals surface area (Å²) in [6.45, 7) is 13.0. The van der Waals surface area contributed by atoms with E-state index in [9.17, 15) is 29.7 Å². The van der Waals surface area contributed by atoms with Crippen LogP contribution in [-0.4, -0.2) is 171 Å². The van der Waals surface area contributed by atoms with Gasteiger partial charge in [0.1, 0.15) is 42.6 Å². The molecule has 2 saturated heterocycles. The lowest BCUT2D eigenvalue weighted by molar-refractivity contribution is -0.330. The number of hydrogen-bond donors (Lipinski definition) is 3. The Kier molecular flexibility index (Phi) is 21.3. The van der Waals surface area contributed by atoms with Crippen LogP contribution < -0.4 is 0 Å². The summed E-state index contributed by atoms with van der Waals surface area (Å²) in [7, 11) is 9.00. The quantitative estimate of drug-likeness (QED) is 0.162. The SMILES string of the molecule is COC1C(O)CC(=O)OC(C)C/C=C/C=C/C(OC2CCC(N(C)C)C(C)O2)C(C)CC(CC=O)C1OC1OC(C)C(OC2CC(O)=C(OC(=O)CC(C)C)C(C)O2)C(N(C)C)C1O. The maximum Gasteiger partial charge on any atom is 0.311 e. The molecule has 0 spiro atoms. The third-order valence-corrected chi connectivity index (χ3v) is 12.5. The third kappa shape index (κ3) is 15.1. The van der Waals surface area contributed by atoms with Gasteiger partial charge in [0, 0.05) is 32.4 Å². The van der Waals surface area contributed by atoms with E-state index in [1.54, 1.807) is 39.8 Å². The highest BCUT2D eigenvalue weighted by Crippen LogP contribution is 2.37. The zero-order valence-corrected chi connectivity index (χ0v) is 40.1. The van der Waals surface area contributed by atoms with Gasteiger partial charge >= 0.3 is 11.9 Å². The van der Waals surface area contributed by atoms with Gasteiger partial charge < -0.3 is 72.5 Å². The lowest BCUT2D eigenvalue weighted by Gasteiger charge is -2.49. The molecular weight excluding hydrogens is 833 g/mol. The van der Waals surface area contributed by atoms with Gasteiger partial charge in [-0.2, -0.15) is 0 Å². The first-order valence-corrected chi connectivity index (χ1v) is 23.0. The zero-order chi connectivity index (χ0) is 47.4. The summed E-state index contributed by atoms with van der Waals surface area (Å²) >= 11 is 0. The second-order valence-electron chi connectivity index (χ2n) is 18.8. The molecule has 4 aliphatic heterocycles. The summed E-state index contributed by atoms with van der Waals surface area (Å²) in [5.74, 6) is -2.07. The lowest BCUT2D eigenvalue weighted by atomic mass is 9.82. The van der Waals surface area contributed by atoms with E-state index in [1.807, 2.05) is 66.1 Å². The number of aldehydes is 1. The van der Waals surface area contributed by atoms with Gasteiger partial charge in [-0.15, -0.1) is 0 Å². The molecule has 0 saturated carbocycles. The Morgan fingerprint density at radius 3 is 2.22 bits per heavy atom. The summed E-state index contributed by atoms with van der Waals surface area (Å²) in [5.41, 5.74) is 0. The average Bonchev–Trinajstić information content (AvgIpc) is 3.19.